The van der Waals surface area contributed by atoms with E-state index in [0.29, 0.717) is 12.5 Å². The monoisotopic (exact) mass is 366 g/mol. The Morgan fingerprint density at radius 2 is 1.81 bits per heavy atom. The van der Waals surface area contributed by atoms with E-state index in [2.05, 4.69) is 53.2 Å². The third kappa shape index (κ3) is 3.31. The highest BCUT2D eigenvalue weighted by molar-refractivity contribution is 5.47. The SMILES string of the molecule is Cc1ncnc(N2CCC(c3nnc(Cn4ccnc4C)n3C)CC2)c1C. The number of anilines is 1. The molecule has 0 amide bonds. The van der Waals surface area contributed by atoms with Gasteiger partial charge in [0.05, 0.1) is 6.54 Å². The molecule has 0 N–H and O–H groups in total. The molecule has 1 aliphatic heterocycles. The highest BCUT2D eigenvalue weighted by atomic mass is 15.3. The van der Waals surface area contributed by atoms with Crippen LogP contribution in [0.2, 0.25) is 0 Å². The molecule has 1 fully saturated rings. The van der Waals surface area contributed by atoms with Crippen LogP contribution in [0.1, 0.15) is 47.5 Å². The molecule has 142 valence electrons. The standard InChI is InChI=1S/C19H26N8/c1-13-14(2)21-12-22-18(13)26-8-5-16(6-9-26)19-24-23-17(25(19)4)11-27-10-7-20-15(27)3/h7,10,12,16H,5-6,8-9,11H2,1-4H3. The predicted octanol–water partition coefficient (Wildman–Crippen LogP) is 2.16. The smallest absolute Gasteiger partial charge is 0.152 e. The molecule has 0 spiro atoms. The van der Waals surface area contributed by atoms with Crippen molar-refractivity contribution in [3.05, 3.63) is 47.5 Å². The number of hydrogen-bond donors (Lipinski definition) is 0. The zero-order valence-corrected chi connectivity index (χ0v) is 16.4. The summed E-state index contributed by atoms with van der Waals surface area (Å²) < 4.78 is 4.25. The summed E-state index contributed by atoms with van der Waals surface area (Å²) in [6.07, 6.45) is 7.57. The average Bonchev–Trinajstić information content (AvgIpc) is 3.24. The molecule has 3 aromatic heterocycles. The van der Waals surface area contributed by atoms with Crippen LogP contribution in [0.25, 0.3) is 0 Å². The zero-order valence-electron chi connectivity index (χ0n) is 16.4. The van der Waals surface area contributed by atoms with Crippen molar-refractivity contribution in [2.75, 3.05) is 18.0 Å². The maximum Gasteiger partial charge on any atom is 0.152 e. The van der Waals surface area contributed by atoms with Gasteiger partial charge in [-0.15, -0.1) is 10.2 Å². The molecule has 8 nitrogen and oxygen atoms in total. The summed E-state index contributed by atoms with van der Waals surface area (Å²) in [7, 11) is 2.07. The Bertz CT molecular complexity index is 933. The van der Waals surface area contributed by atoms with Crippen LogP contribution >= 0.6 is 0 Å². The van der Waals surface area contributed by atoms with E-state index in [1.165, 1.54) is 5.56 Å². The highest BCUT2D eigenvalue weighted by Crippen LogP contribution is 2.30. The molecule has 0 atom stereocenters. The first-order valence-electron chi connectivity index (χ1n) is 9.43. The van der Waals surface area contributed by atoms with Crippen LogP contribution < -0.4 is 4.90 Å². The van der Waals surface area contributed by atoms with E-state index >= 15 is 0 Å². The van der Waals surface area contributed by atoms with Crippen LogP contribution in [0.15, 0.2) is 18.7 Å². The van der Waals surface area contributed by atoms with E-state index in [4.69, 9.17) is 0 Å². The lowest BCUT2D eigenvalue weighted by molar-refractivity contribution is 0.469. The van der Waals surface area contributed by atoms with Crippen LogP contribution in [0.5, 0.6) is 0 Å². The second-order valence-electron chi connectivity index (χ2n) is 7.30. The normalized spacial score (nSPS) is 15.5. The number of aryl methyl sites for hydroxylation is 2. The van der Waals surface area contributed by atoms with Gasteiger partial charge in [-0.3, -0.25) is 0 Å². The number of rotatable bonds is 4. The molecule has 1 aliphatic rings. The third-order valence-corrected chi connectivity index (χ3v) is 5.70. The zero-order chi connectivity index (χ0) is 19.0. The Kier molecular flexibility index (Phi) is 4.63. The van der Waals surface area contributed by atoms with Gasteiger partial charge in [0.2, 0.25) is 0 Å². The number of aromatic nitrogens is 7. The predicted molar refractivity (Wildman–Crippen MR) is 103 cm³/mol. The summed E-state index contributed by atoms with van der Waals surface area (Å²) in [6.45, 7) is 8.80. The van der Waals surface area contributed by atoms with E-state index < -0.39 is 0 Å². The van der Waals surface area contributed by atoms with Gasteiger partial charge < -0.3 is 14.0 Å². The van der Waals surface area contributed by atoms with Crippen molar-refractivity contribution >= 4 is 5.82 Å². The molecule has 4 heterocycles. The van der Waals surface area contributed by atoms with Crippen LogP contribution in [0.4, 0.5) is 5.82 Å². The maximum absolute atomic E-state index is 4.51. The van der Waals surface area contributed by atoms with E-state index in [1.807, 2.05) is 26.2 Å². The summed E-state index contributed by atoms with van der Waals surface area (Å²) in [6, 6.07) is 0. The largest absolute Gasteiger partial charge is 0.356 e. The molecule has 3 aromatic rings. The molecular formula is C19H26N8. The van der Waals surface area contributed by atoms with Gasteiger partial charge in [-0.1, -0.05) is 0 Å². The summed E-state index contributed by atoms with van der Waals surface area (Å²) >= 11 is 0. The third-order valence-electron chi connectivity index (χ3n) is 5.70. The molecule has 8 heteroatoms. The molecule has 0 aliphatic carbocycles. The average molecular weight is 366 g/mol. The minimum Gasteiger partial charge on any atom is -0.356 e. The summed E-state index contributed by atoms with van der Waals surface area (Å²) in [5, 5.41) is 8.95. The number of imidazole rings is 1. The van der Waals surface area contributed by atoms with Crippen LogP contribution in [-0.4, -0.2) is 47.4 Å². The number of piperidine rings is 1. The molecule has 1 saturated heterocycles. The lowest BCUT2D eigenvalue weighted by atomic mass is 9.95. The van der Waals surface area contributed by atoms with Crippen LogP contribution in [-0.2, 0) is 13.6 Å². The van der Waals surface area contributed by atoms with Crippen molar-refractivity contribution in [2.24, 2.45) is 7.05 Å². The Labute approximate surface area is 159 Å². The molecule has 4 rings (SSSR count). The van der Waals surface area contributed by atoms with Gasteiger partial charge in [-0.2, -0.15) is 0 Å². The fourth-order valence-corrected chi connectivity index (χ4v) is 3.79. The molecule has 27 heavy (non-hydrogen) atoms. The van der Waals surface area contributed by atoms with E-state index in [1.54, 1.807) is 6.33 Å². The molecule has 0 aromatic carbocycles. The van der Waals surface area contributed by atoms with E-state index in [-0.39, 0.29) is 0 Å². The quantitative estimate of drug-likeness (QED) is 0.704. The number of hydrogen-bond acceptors (Lipinski definition) is 6. The molecule has 0 unspecified atom stereocenters. The van der Waals surface area contributed by atoms with Crippen molar-refractivity contribution in [1.29, 1.82) is 0 Å². The minimum absolute atomic E-state index is 0.430. The lowest BCUT2D eigenvalue weighted by Crippen LogP contribution is -2.35. The van der Waals surface area contributed by atoms with Crippen molar-refractivity contribution < 1.29 is 0 Å². The number of nitrogens with zero attached hydrogens (tertiary/aromatic N) is 8. The molecule has 0 bridgehead atoms. The summed E-state index contributed by atoms with van der Waals surface area (Å²) in [4.78, 5) is 15.4. The second kappa shape index (κ2) is 7.09. The van der Waals surface area contributed by atoms with Gasteiger partial charge in [0.15, 0.2) is 5.82 Å². The summed E-state index contributed by atoms with van der Waals surface area (Å²) in [5.74, 6) is 4.53. The Morgan fingerprint density at radius 1 is 1.04 bits per heavy atom. The molecular weight excluding hydrogens is 340 g/mol. The minimum atomic E-state index is 0.430. The first-order valence-corrected chi connectivity index (χ1v) is 9.43. The van der Waals surface area contributed by atoms with Crippen molar-refractivity contribution in [3.8, 4) is 0 Å². The topological polar surface area (TPSA) is 77.6 Å². The Hall–Kier alpha value is -2.77. The van der Waals surface area contributed by atoms with Crippen molar-refractivity contribution in [2.45, 2.75) is 46.1 Å². The van der Waals surface area contributed by atoms with Gasteiger partial charge in [0.1, 0.15) is 23.8 Å². The molecule has 0 radical (unpaired) electrons. The van der Waals surface area contributed by atoms with Crippen LogP contribution in [0, 0.1) is 20.8 Å². The maximum atomic E-state index is 4.51. The second-order valence-corrected chi connectivity index (χ2v) is 7.30. The first-order chi connectivity index (χ1) is 13.0. The van der Waals surface area contributed by atoms with Gasteiger partial charge in [-0.25, -0.2) is 15.0 Å². The van der Waals surface area contributed by atoms with E-state index in [9.17, 15) is 0 Å². The van der Waals surface area contributed by atoms with E-state index in [0.717, 1.165) is 54.9 Å². The summed E-state index contributed by atoms with van der Waals surface area (Å²) in [5.41, 5.74) is 2.22. The fourth-order valence-electron chi connectivity index (χ4n) is 3.79. The lowest BCUT2D eigenvalue weighted by Gasteiger charge is -2.33. The molecule has 0 saturated carbocycles. The van der Waals surface area contributed by atoms with Crippen molar-refractivity contribution in [1.82, 2.24) is 34.3 Å². The van der Waals surface area contributed by atoms with Gasteiger partial charge >= 0.3 is 0 Å². The van der Waals surface area contributed by atoms with Crippen LogP contribution in [0.3, 0.4) is 0 Å². The first kappa shape index (κ1) is 17.6. The Balaban J connectivity index is 1.46. The van der Waals surface area contributed by atoms with Gasteiger partial charge in [-0.05, 0) is 33.6 Å². The van der Waals surface area contributed by atoms with Gasteiger partial charge in [0.25, 0.3) is 0 Å². The fraction of sp³-hybridized carbons (Fsp3) is 0.526. The van der Waals surface area contributed by atoms with Crippen molar-refractivity contribution in [3.63, 3.8) is 0 Å². The Morgan fingerprint density at radius 3 is 2.52 bits per heavy atom. The van der Waals surface area contributed by atoms with Gasteiger partial charge in [0, 0.05) is 49.7 Å². The highest BCUT2D eigenvalue weighted by Gasteiger charge is 2.26.